The molecule has 1 aliphatic rings. The standard InChI is InChI=1S/C24H26F3N3O2S/c1-32-22-13-21-19(12-18(22)15-7-10-30(11-8-15)33(2)31)20(6-9-28-21)29-14-16-4-3-5-17(23(16)25)24(26)27/h3-6,9,12-13,15,24H,7-8,10-11,14H2,1-2H3,(H,28,29). The molecule has 1 aromatic heterocycles. The quantitative estimate of drug-likeness (QED) is 0.495. The van der Waals surface area contributed by atoms with Crippen LogP contribution in [0.1, 0.15) is 41.9 Å². The molecular formula is C24H26F3N3O2S. The summed E-state index contributed by atoms with van der Waals surface area (Å²) in [6, 6.07) is 9.75. The van der Waals surface area contributed by atoms with Crippen LogP contribution in [0.25, 0.3) is 10.9 Å². The second-order valence-corrected chi connectivity index (χ2v) is 9.44. The van der Waals surface area contributed by atoms with Gasteiger partial charge in [0, 0.05) is 54.8 Å². The van der Waals surface area contributed by atoms with Gasteiger partial charge >= 0.3 is 0 Å². The molecule has 4 rings (SSSR count). The SMILES string of the molecule is COc1cc2nccc(NCc3cccc(C(F)F)c3F)c2cc1C1CCN(S(C)=O)CC1. The van der Waals surface area contributed by atoms with Crippen molar-refractivity contribution in [2.45, 2.75) is 31.7 Å². The van der Waals surface area contributed by atoms with E-state index in [1.165, 1.54) is 12.1 Å². The number of ether oxygens (including phenoxy) is 1. The van der Waals surface area contributed by atoms with Crippen LogP contribution in [-0.4, -0.2) is 40.0 Å². The lowest BCUT2D eigenvalue weighted by Gasteiger charge is -2.31. The summed E-state index contributed by atoms with van der Waals surface area (Å²) in [4.78, 5) is 4.44. The maximum atomic E-state index is 14.5. The smallest absolute Gasteiger partial charge is 0.266 e. The minimum atomic E-state index is -2.86. The van der Waals surface area contributed by atoms with Gasteiger partial charge < -0.3 is 10.1 Å². The van der Waals surface area contributed by atoms with Crippen molar-refractivity contribution < 1.29 is 22.1 Å². The fraction of sp³-hybridized carbons (Fsp3) is 0.375. The van der Waals surface area contributed by atoms with Crippen LogP contribution in [-0.2, 0) is 17.5 Å². The number of nitrogens with zero attached hydrogens (tertiary/aromatic N) is 2. The van der Waals surface area contributed by atoms with Crippen molar-refractivity contribution in [1.82, 2.24) is 9.29 Å². The monoisotopic (exact) mass is 477 g/mol. The number of benzene rings is 2. The van der Waals surface area contributed by atoms with Crippen LogP contribution >= 0.6 is 0 Å². The van der Waals surface area contributed by atoms with E-state index in [4.69, 9.17) is 4.74 Å². The first-order valence-electron chi connectivity index (χ1n) is 10.7. The molecule has 0 bridgehead atoms. The van der Waals surface area contributed by atoms with Gasteiger partial charge in [-0.05, 0) is 36.5 Å². The van der Waals surface area contributed by atoms with Crippen molar-refractivity contribution in [3.8, 4) is 5.75 Å². The van der Waals surface area contributed by atoms with Crippen molar-refractivity contribution in [2.24, 2.45) is 0 Å². The summed E-state index contributed by atoms with van der Waals surface area (Å²) in [5, 5.41) is 4.03. The summed E-state index contributed by atoms with van der Waals surface area (Å²) >= 11 is 0. The molecule has 1 fully saturated rings. The van der Waals surface area contributed by atoms with E-state index in [0.717, 1.165) is 59.9 Å². The van der Waals surface area contributed by atoms with Crippen molar-refractivity contribution >= 4 is 27.6 Å². The number of hydrogen-bond acceptors (Lipinski definition) is 4. The molecule has 1 atom stereocenters. The summed E-state index contributed by atoms with van der Waals surface area (Å²) in [5.74, 6) is 0.108. The van der Waals surface area contributed by atoms with E-state index in [1.807, 2.05) is 16.4 Å². The summed E-state index contributed by atoms with van der Waals surface area (Å²) < 4.78 is 59.9. The number of alkyl halides is 2. The van der Waals surface area contributed by atoms with Crippen LogP contribution in [0.3, 0.4) is 0 Å². The highest BCUT2D eigenvalue weighted by Gasteiger charge is 2.25. The molecule has 0 amide bonds. The molecule has 1 unspecified atom stereocenters. The van der Waals surface area contributed by atoms with Gasteiger partial charge in [0.25, 0.3) is 6.43 Å². The number of piperidine rings is 1. The van der Waals surface area contributed by atoms with Gasteiger partial charge in [-0.3, -0.25) is 4.98 Å². The Morgan fingerprint density at radius 3 is 2.67 bits per heavy atom. The zero-order valence-corrected chi connectivity index (χ0v) is 19.3. The Morgan fingerprint density at radius 2 is 2.00 bits per heavy atom. The molecule has 2 heterocycles. The van der Waals surface area contributed by atoms with Crippen molar-refractivity contribution in [3.05, 3.63) is 65.1 Å². The molecule has 9 heteroatoms. The van der Waals surface area contributed by atoms with E-state index in [2.05, 4.69) is 10.3 Å². The molecule has 33 heavy (non-hydrogen) atoms. The average Bonchev–Trinajstić information content (AvgIpc) is 2.82. The van der Waals surface area contributed by atoms with Crippen LogP contribution in [0.15, 0.2) is 42.6 Å². The molecule has 1 N–H and O–H groups in total. The fourth-order valence-corrected chi connectivity index (χ4v) is 5.08. The maximum absolute atomic E-state index is 14.5. The van der Waals surface area contributed by atoms with E-state index in [1.54, 1.807) is 25.6 Å². The third-order valence-corrected chi connectivity index (χ3v) is 7.26. The van der Waals surface area contributed by atoms with Crippen molar-refractivity contribution in [1.29, 1.82) is 0 Å². The molecule has 1 saturated heterocycles. The lowest BCUT2D eigenvalue weighted by Crippen LogP contribution is -2.33. The Hall–Kier alpha value is -2.65. The first-order chi connectivity index (χ1) is 15.9. The molecule has 0 spiro atoms. The Labute approximate surface area is 193 Å². The van der Waals surface area contributed by atoms with Crippen molar-refractivity contribution in [3.63, 3.8) is 0 Å². The minimum Gasteiger partial charge on any atom is -0.496 e. The molecule has 3 aromatic rings. The number of aromatic nitrogens is 1. The first kappa shape index (κ1) is 23.5. The number of pyridine rings is 1. The lowest BCUT2D eigenvalue weighted by molar-refractivity contribution is 0.146. The van der Waals surface area contributed by atoms with Gasteiger partial charge in [-0.1, -0.05) is 18.2 Å². The van der Waals surface area contributed by atoms with Crippen LogP contribution < -0.4 is 10.1 Å². The zero-order chi connectivity index (χ0) is 23.5. The highest BCUT2D eigenvalue weighted by atomic mass is 32.2. The zero-order valence-electron chi connectivity index (χ0n) is 18.5. The summed E-state index contributed by atoms with van der Waals surface area (Å²) in [6.07, 6.45) is 2.19. The predicted molar refractivity (Wildman–Crippen MR) is 125 cm³/mol. The van der Waals surface area contributed by atoms with Gasteiger partial charge in [0.15, 0.2) is 0 Å². The third kappa shape index (κ3) is 4.99. The average molecular weight is 478 g/mol. The summed E-state index contributed by atoms with van der Waals surface area (Å²) in [6.45, 7) is 1.55. The Kier molecular flexibility index (Phi) is 7.19. The number of hydrogen-bond donors (Lipinski definition) is 1. The molecular weight excluding hydrogens is 451 g/mol. The number of rotatable bonds is 7. The maximum Gasteiger partial charge on any atom is 0.266 e. The van der Waals surface area contributed by atoms with Gasteiger partial charge in [0.1, 0.15) is 11.6 Å². The molecule has 5 nitrogen and oxygen atoms in total. The van der Waals surface area contributed by atoms with Gasteiger partial charge in [-0.25, -0.2) is 21.7 Å². The second-order valence-electron chi connectivity index (χ2n) is 8.07. The van der Waals surface area contributed by atoms with Crippen LogP contribution in [0.4, 0.5) is 18.9 Å². The minimum absolute atomic E-state index is 0.0631. The van der Waals surface area contributed by atoms with Gasteiger partial charge in [-0.2, -0.15) is 0 Å². The summed E-state index contributed by atoms with van der Waals surface area (Å²) in [7, 11) is 0.647. The Bertz CT molecular complexity index is 1170. The van der Waals surface area contributed by atoms with Crippen molar-refractivity contribution in [2.75, 3.05) is 31.8 Å². The second kappa shape index (κ2) is 10.1. The van der Waals surface area contributed by atoms with E-state index in [9.17, 15) is 17.4 Å². The van der Waals surface area contributed by atoms with Gasteiger partial charge in [0.2, 0.25) is 0 Å². The van der Waals surface area contributed by atoms with Gasteiger partial charge in [0.05, 0.1) is 29.2 Å². The fourth-order valence-electron chi connectivity index (χ4n) is 4.36. The van der Waals surface area contributed by atoms with E-state index in [-0.39, 0.29) is 18.0 Å². The number of anilines is 1. The van der Waals surface area contributed by atoms with Crippen LogP contribution in [0.5, 0.6) is 5.75 Å². The number of fused-ring (bicyclic) bond motifs is 1. The number of halogens is 3. The molecule has 1 aliphatic heterocycles. The van der Waals surface area contributed by atoms with Crippen LogP contribution in [0, 0.1) is 5.82 Å². The Balaban J connectivity index is 1.63. The summed E-state index contributed by atoms with van der Waals surface area (Å²) in [5.41, 5.74) is 2.08. The predicted octanol–water partition coefficient (Wildman–Crippen LogP) is 5.41. The first-order valence-corrected chi connectivity index (χ1v) is 12.2. The largest absolute Gasteiger partial charge is 0.496 e. The number of nitrogens with one attached hydrogen (secondary N) is 1. The molecule has 0 saturated carbocycles. The highest BCUT2D eigenvalue weighted by molar-refractivity contribution is 7.81. The number of methoxy groups -OCH3 is 1. The third-order valence-electron chi connectivity index (χ3n) is 6.16. The molecule has 176 valence electrons. The lowest BCUT2D eigenvalue weighted by atomic mass is 9.88. The Morgan fingerprint density at radius 1 is 1.24 bits per heavy atom. The van der Waals surface area contributed by atoms with E-state index >= 15 is 0 Å². The van der Waals surface area contributed by atoms with Gasteiger partial charge in [-0.15, -0.1) is 0 Å². The normalized spacial score (nSPS) is 16.3. The van der Waals surface area contributed by atoms with Crippen LogP contribution in [0.2, 0.25) is 0 Å². The highest BCUT2D eigenvalue weighted by Crippen LogP contribution is 2.38. The van der Waals surface area contributed by atoms with E-state index < -0.39 is 28.8 Å². The molecule has 0 aliphatic carbocycles. The molecule has 2 aromatic carbocycles. The molecule has 0 radical (unpaired) electrons. The van der Waals surface area contributed by atoms with E-state index in [0.29, 0.717) is 0 Å². The topological polar surface area (TPSA) is 54.5 Å².